The van der Waals surface area contributed by atoms with E-state index in [2.05, 4.69) is 42.8 Å². The first kappa shape index (κ1) is 16.3. The van der Waals surface area contributed by atoms with Crippen molar-refractivity contribution in [3.8, 4) is 0 Å². The monoisotopic (exact) mass is 281 g/mol. The summed E-state index contributed by atoms with van der Waals surface area (Å²) < 4.78 is 0. The highest BCUT2D eigenvalue weighted by atomic mass is 15.3. The van der Waals surface area contributed by atoms with Crippen LogP contribution in [0.15, 0.2) is 0 Å². The van der Waals surface area contributed by atoms with Gasteiger partial charge in [-0.1, -0.05) is 20.8 Å². The summed E-state index contributed by atoms with van der Waals surface area (Å²) >= 11 is 0. The quantitative estimate of drug-likeness (QED) is 0.807. The molecule has 1 N–H and O–H groups in total. The van der Waals surface area contributed by atoms with Crippen LogP contribution in [-0.2, 0) is 0 Å². The summed E-state index contributed by atoms with van der Waals surface area (Å²) in [5, 5.41) is 3.63. The van der Waals surface area contributed by atoms with E-state index >= 15 is 0 Å². The van der Waals surface area contributed by atoms with Crippen LogP contribution in [0.1, 0.15) is 47.0 Å². The van der Waals surface area contributed by atoms with Crippen LogP contribution in [0.25, 0.3) is 0 Å². The van der Waals surface area contributed by atoms with Gasteiger partial charge >= 0.3 is 0 Å². The first-order valence-electron chi connectivity index (χ1n) is 8.76. The summed E-state index contributed by atoms with van der Waals surface area (Å²) in [5.41, 5.74) is 0. The Morgan fingerprint density at radius 3 is 2.50 bits per heavy atom. The van der Waals surface area contributed by atoms with E-state index in [9.17, 15) is 0 Å². The van der Waals surface area contributed by atoms with Crippen LogP contribution in [-0.4, -0.2) is 61.2 Å². The Bertz CT molecular complexity index is 279. The maximum absolute atomic E-state index is 3.63. The Hall–Kier alpha value is -0.120. The topological polar surface area (TPSA) is 18.5 Å². The van der Waals surface area contributed by atoms with Gasteiger partial charge in [-0.05, 0) is 70.7 Å². The van der Waals surface area contributed by atoms with E-state index in [1.807, 2.05) is 0 Å². The number of hydrogen-bond donors (Lipinski definition) is 1. The summed E-state index contributed by atoms with van der Waals surface area (Å²) in [5.74, 6) is 1.49. The summed E-state index contributed by atoms with van der Waals surface area (Å²) in [6.07, 6.45) is 4.19. The minimum atomic E-state index is 0.704. The molecule has 0 spiro atoms. The van der Waals surface area contributed by atoms with Crippen molar-refractivity contribution in [2.45, 2.75) is 59.0 Å². The molecule has 2 saturated heterocycles. The van der Waals surface area contributed by atoms with Gasteiger partial charge in [-0.3, -0.25) is 9.80 Å². The van der Waals surface area contributed by atoms with Gasteiger partial charge in [0.2, 0.25) is 0 Å². The van der Waals surface area contributed by atoms with Crippen LogP contribution in [0.3, 0.4) is 0 Å². The molecule has 3 atom stereocenters. The molecule has 0 aromatic rings. The van der Waals surface area contributed by atoms with Gasteiger partial charge in [0, 0.05) is 18.6 Å². The largest absolute Gasteiger partial charge is 0.316 e. The molecule has 0 bridgehead atoms. The van der Waals surface area contributed by atoms with Crippen molar-refractivity contribution < 1.29 is 0 Å². The molecule has 2 aliphatic heterocycles. The van der Waals surface area contributed by atoms with Crippen molar-refractivity contribution >= 4 is 0 Å². The standard InChI is InChI=1S/C17H35N3/c1-14(2)11-18-12-15(3)16(4)20-10-6-9-19-8-5-7-17(19)13-20/h14-18H,5-13H2,1-4H3. The molecule has 2 heterocycles. The lowest BCUT2D eigenvalue weighted by atomic mass is 10.0. The van der Waals surface area contributed by atoms with Crippen LogP contribution in [0.4, 0.5) is 0 Å². The molecule has 0 aliphatic carbocycles. The highest BCUT2D eigenvalue weighted by molar-refractivity contribution is 4.87. The molecule has 20 heavy (non-hydrogen) atoms. The maximum atomic E-state index is 3.63. The molecule has 118 valence electrons. The average Bonchev–Trinajstić information content (AvgIpc) is 2.74. The number of nitrogens with zero attached hydrogens (tertiary/aromatic N) is 2. The highest BCUT2D eigenvalue weighted by Crippen LogP contribution is 2.23. The summed E-state index contributed by atoms with van der Waals surface area (Å²) in [6, 6.07) is 1.55. The van der Waals surface area contributed by atoms with Gasteiger partial charge < -0.3 is 5.32 Å². The van der Waals surface area contributed by atoms with Crippen molar-refractivity contribution in [3.05, 3.63) is 0 Å². The summed E-state index contributed by atoms with van der Waals surface area (Å²) in [6.45, 7) is 17.0. The third kappa shape index (κ3) is 4.44. The molecule has 0 aromatic heterocycles. The van der Waals surface area contributed by atoms with Gasteiger partial charge in [-0.2, -0.15) is 0 Å². The Kier molecular flexibility index (Phi) is 6.31. The maximum Gasteiger partial charge on any atom is 0.0223 e. The lowest BCUT2D eigenvalue weighted by molar-refractivity contribution is 0.144. The predicted molar refractivity (Wildman–Crippen MR) is 87.1 cm³/mol. The lowest BCUT2D eigenvalue weighted by Gasteiger charge is -2.34. The van der Waals surface area contributed by atoms with Gasteiger partial charge in [-0.15, -0.1) is 0 Å². The number of nitrogens with one attached hydrogen (secondary N) is 1. The fraction of sp³-hybridized carbons (Fsp3) is 1.00. The van der Waals surface area contributed by atoms with Crippen LogP contribution in [0, 0.1) is 11.8 Å². The molecule has 0 radical (unpaired) electrons. The fourth-order valence-corrected chi connectivity index (χ4v) is 3.74. The second-order valence-corrected chi connectivity index (χ2v) is 7.45. The van der Waals surface area contributed by atoms with Crippen LogP contribution in [0.5, 0.6) is 0 Å². The van der Waals surface area contributed by atoms with Crippen molar-refractivity contribution in [3.63, 3.8) is 0 Å². The van der Waals surface area contributed by atoms with Crippen molar-refractivity contribution in [1.29, 1.82) is 0 Å². The smallest absolute Gasteiger partial charge is 0.0223 e. The van der Waals surface area contributed by atoms with Gasteiger partial charge in [0.1, 0.15) is 0 Å². The molecule has 0 aromatic carbocycles. The SMILES string of the molecule is CC(C)CNCC(C)C(C)N1CCCN2CCCC2C1. The van der Waals surface area contributed by atoms with Gasteiger partial charge in [-0.25, -0.2) is 0 Å². The number of fused-ring (bicyclic) bond motifs is 1. The lowest BCUT2D eigenvalue weighted by Crippen LogP contribution is -2.45. The zero-order valence-corrected chi connectivity index (χ0v) is 14.1. The second kappa shape index (κ2) is 7.77. The van der Waals surface area contributed by atoms with E-state index in [4.69, 9.17) is 0 Å². The van der Waals surface area contributed by atoms with E-state index in [-0.39, 0.29) is 0 Å². The van der Waals surface area contributed by atoms with Gasteiger partial charge in [0.15, 0.2) is 0 Å². The van der Waals surface area contributed by atoms with Gasteiger partial charge in [0.05, 0.1) is 0 Å². The first-order chi connectivity index (χ1) is 9.58. The number of hydrogen-bond acceptors (Lipinski definition) is 3. The Labute approximate surface area is 126 Å². The minimum Gasteiger partial charge on any atom is -0.316 e. The zero-order chi connectivity index (χ0) is 14.5. The zero-order valence-electron chi connectivity index (χ0n) is 14.1. The third-order valence-corrected chi connectivity index (χ3v) is 5.25. The van der Waals surface area contributed by atoms with Gasteiger partial charge in [0.25, 0.3) is 0 Å². The van der Waals surface area contributed by atoms with Crippen molar-refractivity contribution in [2.24, 2.45) is 11.8 Å². The summed E-state index contributed by atoms with van der Waals surface area (Å²) in [7, 11) is 0. The van der Waals surface area contributed by atoms with Crippen LogP contribution >= 0.6 is 0 Å². The molecule has 3 nitrogen and oxygen atoms in total. The van der Waals surface area contributed by atoms with E-state index in [0.29, 0.717) is 6.04 Å². The average molecular weight is 281 g/mol. The van der Waals surface area contributed by atoms with E-state index in [1.54, 1.807) is 0 Å². The van der Waals surface area contributed by atoms with Crippen molar-refractivity contribution in [1.82, 2.24) is 15.1 Å². The van der Waals surface area contributed by atoms with Crippen LogP contribution in [0.2, 0.25) is 0 Å². The third-order valence-electron chi connectivity index (χ3n) is 5.25. The first-order valence-corrected chi connectivity index (χ1v) is 8.76. The normalized spacial score (nSPS) is 28.4. The van der Waals surface area contributed by atoms with E-state index < -0.39 is 0 Å². The second-order valence-electron chi connectivity index (χ2n) is 7.45. The Morgan fingerprint density at radius 2 is 1.75 bits per heavy atom. The molecule has 2 rings (SSSR count). The molecule has 2 aliphatic rings. The molecule has 3 heteroatoms. The van der Waals surface area contributed by atoms with Crippen molar-refractivity contribution in [2.75, 3.05) is 39.3 Å². The Balaban J connectivity index is 1.79. The Morgan fingerprint density at radius 1 is 1.00 bits per heavy atom. The molecular weight excluding hydrogens is 246 g/mol. The highest BCUT2D eigenvalue weighted by Gasteiger charge is 2.31. The predicted octanol–water partition coefficient (Wildman–Crippen LogP) is 2.43. The molecule has 0 saturated carbocycles. The van der Waals surface area contributed by atoms with E-state index in [1.165, 1.54) is 45.4 Å². The molecule has 0 amide bonds. The molecule has 2 fully saturated rings. The molecular formula is C17H35N3. The number of rotatable bonds is 6. The molecule has 3 unspecified atom stereocenters. The minimum absolute atomic E-state index is 0.704. The summed E-state index contributed by atoms with van der Waals surface area (Å²) in [4.78, 5) is 5.49. The van der Waals surface area contributed by atoms with E-state index in [0.717, 1.165) is 31.0 Å². The van der Waals surface area contributed by atoms with Crippen LogP contribution < -0.4 is 5.32 Å². The fourth-order valence-electron chi connectivity index (χ4n) is 3.74.